The summed E-state index contributed by atoms with van der Waals surface area (Å²) in [6, 6.07) is 7.42. The van der Waals surface area contributed by atoms with E-state index in [0.29, 0.717) is 0 Å². The Morgan fingerprint density at radius 1 is 1.35 bits per heavy atom. The first-order chi connectivity index (χ1) is 8.11. The molecule has 88 valence electrons. The molecule has 0 saturated carbocycles. The Morgan fingerprint density at radius 2 is 2.06 bits per heavy atom. The standard InChI is InChI=1S/C13H13NO3/c1-7-11-12(17-13(7)16)9-5-3-4-6-10(9)14(11)8(2)15/h3-7,11-12H,1-2H3/t7-,11+,12+/m0/s1. The van der Waals surface area contributed by atoms with Crippen LogP contribution in [0.4, 0.5) is 5.69 Å². The number of fused-ring (bicyclic) bond motifs is 3. The maximum atomic E-state index is 11.8. The first-order valence-electron chi connectivity index (χ1n) is 5.70. The van der Waals surface area contributed by atoms with Gasteiger partial charge in [-0.25, -0.2) is 0 Å². The van der Waals surface area contributed by atoms with Gasteiger partial charge in [0.15, 0.2) is 6.10 Å². The Labute approximate surface area is 99.2 Å². The highest BCUT2D eigenvalue weighted by Crippen LogP contribution is 2.48. The molecule has 1 aromatic rings. The van der Waals surface area contributed by atoms with Crippen LogP contribution in [0.3, 0.4) is 0 Å². The van der Waals surface area contributed by atoms with E-state index in [1.165, 1.54) is 6.92 Å². The largest absolute Gasteiger partial charge is 0.455 e. The Bertz CT molecular complexity index is 511. The Balaban J connectivity index is 2.16. The molecule has 0 aliphatic carbocycles. The van der Waals surface area contributed by atoms with Crippen LogP contribution in [0.15, 0.2) is 24.3 Å². The van der Waals surface area contributed by atoms with Gasteiger partial charge in [0.25, 0.3) is 0 Å². The number of hydrogen-bond donors (Lipinski definition) is 0. The third kappa shape index (κ3) is 1.24. The van der Waals surface area contributed by atoms with Gasteiger partial charge >= 0.3 is 5.97 Å². The molecule has 0 unspecified atom stereocenters. The summed E-state index contributed by atoms with van der Waals surface area (Å²) in [5.41, 5.74) is 1.81. The minimum absolute atomic E-state index is 0.0462. The SMILES string of the molecule is CC(=O)N1c2ccccc2[C@H]2OC(=O)[C@@H](C)[C@H]21. The molecule has 0 radical (unpaired) electrons. The summed E-state index contributed by atoms with van der Waals surface area (Å²) in [5.74, 6) is -0.535. The second kappa shape index (κ2) is 3.32. The molecular formula is C13H13NO3. The highest BCUT2D eigenvalue weighted by molar-refractivity contribution is 5.97. The van der Waals surface area contributed by atoms with Crippen LogP contribution >= 0.6 is 0 Å². The molecule has 2 aliphatic rings. The summed E-state index contributed by atoms with van der Waals surface area (Å²) in [7, 11) is 0. The third-order valence-electron chi connectivity index (χ3n) is 3.58. The smallest absolute Gasteiger partial charge is 0.311 e. The number of esters is 1. The molecule has 4 nitrogen and oxygen atoms in total. The molecule has 3 rings (SSSR count). The van der Waals surface area contributed by atoms with Crippen molar-refractivity contribution in [2.45, 2.75) is 26.0 Å². The predicted molar refractivity (Wildman–Crippen MR) is 61.4 cm³/mol. The third-order valence-corrected chi connectivity index (χ3v) is 3.58. The molecule has 2 heterocycles. The maximum absolute atomic E-state index is 11.8. The molecule has 1 fully saturated rings. The van der Waals surface area contributed by atoms with Crippen molar-refractivity contribution in [3.05, 3.63) is 29.8 Å². The van der Waals surface area contributed by atoms with Gasteiger partial charge in [-0.15, -0.1) is 0 Å². The van der Waals surface area contributed by atoms with E-state index in [1.807, 2.05) is 31.2 Å². The molecule has 0 bridgehead atoms. The van der Waals surface area contributed by atoms with Gasteiger partial charge in [0.05, 0.1) is 17.6 Å². The summed E-state index contributed by atoms with van der Waals surface area (Å²) in [6.45, 7) is 3.34. The van der Waals surface area contributed by atoms with Crippen LogP contribution in [0, 0.1) is 5.92 Å². The maximum Gasteiger partial charge on any atom is 0.311 e. The fraction of sp³-hybridized carbons (Fsp3) is 0.385. The molecule has 1 amide bonds. The van der Waals surface area contributed by atoms with Crippen LogP contribution in [-0.4, -0.2) is 17.9 Å². The van der Waals surface area contributed by atoms with Crippen LogP contribution in [-0.2, 0) is 14.3 Å². The molecule has 1 saturated heterocycles. The summed E-state index contributed by atoms with van der Waals surface area (Å²) in [6.07, 6.45) is -0.294. The summed E-state index contributed by atoms with van der Waals surface area (Å²) >= 11 is 0. The molecule has 1 aromatic carbocycles. The fourth-order valence-electron chi connectivity index (χ4n) is 2.80. The van der Waals surface area contributed by atoms with E-state index in [2.05, 4.69) is 0 Å². The minimum Gasteiger partial charge on any atom is -0.455 e. The average Bonchev–Trinajstić information content (AvgIpc) is 2.76. The Hall–Kier alpha value is -1.84. The topological polar surface area (TPSA) is 46.6 Å². The normalized spacial score (nSPS) is 29.9. The van der Waals surface area contributed by atoms with Crippen molar-refractivity contribution >= 4 is 17.6 Å². The molecule has 2 aliphatic heterocycles. The van der Waals surface area contributed by atoms with Crippen molar-refractivity contribution < 1.29 is 14.3 Å². The number of amides is 1. The van der Waals surface area contributed by atoms with Crippen molar-refractivity contribution in [2.24, 2.45) is 5.92 Å². The van der Waals surface area contributed by atoms with Gasteiger partial charge < -0.3 is 9.64 Å². The molecule has 3 atom stereocenters. The Morgan fingerprint density at radius 3 is 2.76 bits per heavy atom. The molecule has 0 spiro atoms. The van der Waals surface area contributed by atoms with Gasteiger partial charge in [-0.05, 0) is 13.0 Å². The van der Waals surface area contributed by atoms with Crippen molar-refractivity contribution in [3.8, 4) is 0 Å². The summed E-state index contributed by atoms with van der Waals surface area (Å²) < 4.78 is 5.37. The van der Waals surface area contributed by atoms with Crippen LogP contribution < -0.4 is 4.90 Å². The lowest BCUT2D eigenvalue weighted by Gasteiger charge is -2.23. The van der Waals surface area contributed by atoms with E-state index < -0.39 is 0 Å². The van der Waals surface area contributed by atoms with Gasteiger partial charge in [-0.1, -0.05) is 18.2 Å². The zero-order valence-corrected chi connectivity index (χ0v) is 9.71. The van der Waals surface area contributed by atoms with E-state index >= 15 is 0 Å². The van der Waals surface area contributed by atoms with Crippen LogP contribution in [0.25, 0.3) is 0 Å². The molecule has 0 aromatic heterocycles. The number of ether oxygens (including phenoxy) is 1. The summed E-state index contributed by atoms with van der Waals surface area (Å²) in [4.78, 5) is 25.1. The van der Waals surface area contributed by atoms with Gasteiger partial charge in [-0.2, -0.15) is 0 Å². The lowest BCUT2D eigenvalue weighted by Crippen LogP contribution is -2.40. The minimum atomic E-state index is -0.294. The van der Waals surface area contributed by atoms with E-state index in [4.69, 9.17) is 4.74 Å². The van der Waals surface area contributed by atoms with Gasteiger partial charge in [0, 0.05) is 12.5 Å². The van der Waals surface area contributed by atoms with Crippen LogP contribution in [0.1, 0.15) is 25.5 Å². The van der Waals surface area contributed by atoms with Crippen molar-refractivity contribution in [1.82, 2.24) is 0 Å². The second-order valence-electron chi connectivity index (χ2n) is 4.58. The molecular weight excluding hydrogens is 218 g/mol. The van der Waals surface area contributed by atoms with Crippen molar-refractivity contribution in [3.63, 3.8) is 0 Å². The number of para-hydroxylation sites is 1. The van der Waals surface area contributed by atoms with E-state index in [0.717, 1.165) is 11.3 Å². The molecule has 17 heavy (non-hydrogen) atoms. The predicted octanol–water partition coefficient (Wildman–Crippen LogP) is 1.66. The highest BCUT2D eigenvalue weighted by atomic mass is 16.6. The van der Waals surface area contributed by atoms with Crippen LogP contribution in [0.5, 0.6) is 0 Å². The van der Waals surface area contributed by atoms with Gasteiger partial charge in [0.1, 0.15) is 0 Å². The first-order valence-corrected chi connectivity index (χ1v) is 5.70. The first kappa shape index (κ1) is 10.3. The van der Waals surface area contributed by atoms with Gasteiger partial charge in [-0.3, -0.25) is 9.59 Å². The van der Waals surface area contributed by atoms with Gasteiger partial charge in [0.2, 0.25) is 5.91 Å². The monoisotopic (exact) mass is 231 g/mol. The number of hydrogen-bond acceptors (Lipinski definition) is 3. The van der Waals surface area contributed by atoms with Crippen LogP contribution in [0.2, 0.25) is 0 Å². The van der Waals surface area contributed by atoms with E-state index in [-0.39, 0.29) is 29.9 Å². The zero-order valence-electron chi connectivity index (χ0n) is 9.71. The fourth-order valence-corrected chi connectivity index (χ4v) is 2.80. The quantitative estimate of drug-likeness (QED) is 0.638. The number of carbonyl (C=O) groups excluding carboxylic acids is 2. The zero-order chi connectivity index (χ0) is 12.2. The summed E-state index contributed by atoms with van der Waals surface area (Å²) in [5, 5.41) is 0. The number of carbonyl (C=O) groups is 2. The van der Waals surface area contributed by atoms with Crippen molar-refractivity contribution in [1.29, 1.82) is 0 Å². The molecule has 0 N–H and O–H groups in total. The number of rotatable bonds is 0. The number of benzene rings is 1. The second-order valence-corrected chi connectivity index (χ2v) is 4.58. The lowest BCUT2D eigenvalue weighted by atomic mass is 9.99. The van der Waals surface area contributed by atoms with E-state index in [1.54, 1.807) is 4.90 Å². The molecule has 4 heteroatoms. The average molecular weight is 231 g/mol. The highest BCUT2D eigenvalue weighted by Gasteiger charge is 2.52. The number of nitrogens with zero attached hydrogens (tertiary/aromatic N) is 1. The lowest BCUT2D eigenvalue weighted by molar-refractivity contribution is -0.144. The Kier molecular flexibility index (Phi) is 2.02. The van der Waals surface area contributed by atoms with E-state index in [9.17, 15) is 9.59 Å². The van der Waals surface area contributed by atoms with Crippen molar-refractivity contribution in [2.75, 3.05) is 4.90 Å². The number of anilines is 1.